The maximum absolute atomic E-state index is 14.9. The van der Waals surface area contributed by atoms with Gasteiger partial charge in [-0.15, -0.1) is 0 Å². The zero-order valence-electron chi connectivity index (χ0n) is 24.0. The van der Waals surface area contributed by atoms with Crippen molar-refractivity contribution in [2.75, 3.05) is 6.61 Å². The Kier molecular flexibility index (Phi) is 9.71. The fourth-order valence-corrected chi connectivity index (χ4v) is 4.24. The van der Waals surface area contributed by atoms with E-state index < -0.39 is 11.8 Å². The van der Waals surface area contributed by atoms with Crippen LogP contribution in [0.1, 0.15) is 30.5 Å². The topological polar surface area (TPSA) is 61.8 Å². The summed E-state index contributed by atoms with van der Waals surface area (Å²) in [5, 5.41) is 0. The Morgan fingerprint density at radius 2 is 1.36 bits per heavy atom. The van der Waals surface area contributed by atoms with Gasteiger partial charge in [0.15, 0.2) is 11.6 Å². The van der Waals surface area contributed by atoms with Crippen molar-refractivity contribution in [3.63, 3.8) is 0 Å². The predicted octanol–water partition coefficient (Wildman–Crippen LogP) is 8.19. The molecule has 0 heterocycles. The number of carbonyl (C=O) groups is 2. The molecule has 42 heavy (non-hydrogen) atoms. The molecule has 0 radical (unpaired) electrons. The standard InChI is InChI=1S/C36H33FO5/c1-23(2)35(38)40-19-18-26-6-9-29(10-7-26)32-16-8-27(20-25(32)5)22-41-34-17-13-30(21-33(34)37)28-11-14-31(15-12-28)42-36(39)24(3)4/h6-17,20-21H,1,3,18-19,22H2,2,4-5H3. The van der Waals surface area contributed by atoms with E-state index >= 15 is 0 Å². The summed E-state index contributed by atoms with van der Waals surface area (Å²) in [7, 11) is 0. The van der Waals surface area contributed by atoms with Gasteiger partial charge in [0.1, 0.15) is 12.4 Å². The SMILES string of the molecule is C=C(C)C(=O)OCCc1ccc(-c2ccc(COc3ccc(-c4ccc(OC(=O)C(=C)C)cc4)cc3F)cc2C)cc1. The van der Waals surface area contributed by atoms with E-state index in [-0.39, 0.29) is 18.3 Å². The molecule has 0 aliphatic carbocycles. The van der Waals surface area contributed by atoms with Crippen molar-refractivity contribution in [1.29, 1.82) is 0 Å². The van der Waals surface area contributed by atoms with Gasteiger partial charge in [0, 0.05) is 17.6 Å². The number of ether oxygens (including phenoxy) is 3. The first-order valence-electron chi connectivity index (χ1n) is 13.5. The minimum atomic E-state index is -0.494. The molecule has 0 bridgehead atoms. The lowest BCUT2D eigenvalue weighted by Crippen LogP contribution is -2.07. The Morgan fingerprint density at radius 1 is 0.738 bits per heavy atom. The summed E-state index contributed by atoms with van der Waals surface area (Å²) in [5.74, 6) is -0.779. The summed E-state index contributed by atoms with van der Waals surface area (Å²) in [6.07, 6.45) is 0.630. The number of carbonyl (C=O) groups excluding carboxylic acids is 2. The van der Waals surface area contributed by atoms with Crippen LogP contribution in [-0.4, -0.2) is 18.5 Å². The summed E-state index contributed by atoms with van der Waals surface area (Å²) in [4.78, 5) is 23.2. The quantitative estimate of drug-likeness (QED) is 0.104. The van der Waals surface area contributed by atoms with Crippen molar-refractivity contribution in [2.45, 2.75) is 33.8 Å². The van der Waals surface area contributed by atoms with Crippen molar-refractivity contribution in [1.82, 2.24) is 0 Å². The molecule has 0 saturated carbocycles. The number of rotatable bonds is 11. The first-order valence-corrected chi connectivity index (χ1v) is 13.5. The lowest BCUT2D eigenvalue weighted by Gasteiger charge is -2.12. The van der Waals surface area contributed by atoms with Crippen LogP contribution in [0.15, 0.2) is 109 Å². The van der Waals surface area contributed by atoms with Crippen LogP contribution in [0.25, 0.3) is 22.3 Å². The number of benzene rings is 4. The second-order valence-corrected chi connectivity index (χ2v) is 10.1. The molecule has 0 atom stereocenters. The molecule has 4 rings (SSSR count). The minimum Gasteiger partial charge on any atom is -0.486 e. The van der Waals surface area contributed by atoms with Crippen LogP contribution < -0.4 is 9.47 Å². The van der Waals surface area contributed by atoms with E-state index in [9.17, 15) is 14.0 Å². The third-order valence-electron chi connectivity index (χ3n) is 6.60. The molecule has 214 valence electrons. The third-order valence-corrected chi connectivity index (χ3v) is 6.60. The average Bonchev–Trinajstić information content (AvgIpc) is 2.97. The van der Waals surface area contributed by atoms with Crippen molar-refractivity contribution in [2.24, 2.45) is 0 Å². The van der Waals surface area contributed by atoms with Gasteiger partial charge in [0.05, 0.1) is 6.61 Å². The number of hydrogen-bond acceptors (Lipinski definition) is 5. The van der Waals surface area contributed by atoms with Gasteiger partial charge in [0.25, 0.3) is 0 Å². The van der Waals surface area contributed by atoms with Gasteiger partial charge in [-0.25, -0.2) is 14.0 Å². The smallest absolute Gasteiger partial charge is 0.338 e. The van der Waals surface area contributed by atoms with Gasteiger partial charge in [-0.2, -0.15) is 0 Å². The second-order valence-electron chi connectivity index (χ2n) is 10.1. The van der Waals surface area contributed by atoms with Crippen LogP contribution in [0, 0.1) is 12.7 Å². The molecule has 6 heteroatoms. The van der Waals surface area contributed by atoms with E-state index in [1.165, 1.54) is 6.07 Å². The molecule has 0 amide bonds. The largest absolute Gasteiger partial charge is 0.486 e. The number of halogens is 1. The molecule has 0 N–H and O–H groups in total. The predicted molar refractivity (Wildman–Crippen MR) is 163 cm³/mol. The van der Waals surface area contributed by atoms with E-state index in [1.807, 2.05) is 49.4 Å². The lowest BCUT2D eigenvalue weighted by atomic mass is 9.97. The molecular formula is C36H33FO5. The summed E-state index contributed by atoms with van der Waals surface area (Å²) in [6, 6.07) is 25.9. The zero-order valence-corrected chi connectivity index (χ0v) is 24.0. The molecular weight excluding hydrogens is 531 g/mol. The fourth-order valence-electron chi connectivity index (χ4n) is 4.24. The molecule has 4 aromatic rings. The number of esters is 2. The van der Waals surface area contributed by atoms with Gasteiger partial charge in [0.2, 0.25) is 0 Å². The molecule has 0 spiro atoms. The van der Waals surface area contributed by atoms with Crippen LogP contribution in [0.2, 0.25) is 0 Å². The van der Waals surface area contributed by atoms with Gasteiger partial charge in [-0.3, -0.25) is 0 Å². The Labute approximate surface area is 245 Å². The van der Waals surface area contributed by atoms with Gasteiger partial charge < -0.3 is 14.2 Å². The van der Waals surface area contributed by atoms with E-state index in [1.54, 1.807) is 50.2 Å². The fraction of sp³-hybridized carbons (Fsp3) is 0.167. The van der Waals surface area contributed by atoms with E-state index in [2.05, 4.69) is 13.2 Å². The highest BCUT2D eigenvalue weighted by molar-refractivity contribution is 5.89. The van der Waals surface area contributed by atoms with Gasteiger partial charge in [-0.1, -0.05) is 73.8 Å². The van der Waals surface area contributed by atoms with Crippen molar-refractivity contribution in [3.8, 4) is 33.8 Å². The summed E-state index contributed by atoms with van der Waals surface area (Å²) in [6.45, 7) is 12.9. The third kappa shape index (κ3) is 7.82. The van der Waals surface area contributed by atoms with E-state index in [4.69, 9.17) is 14.2 Å². The highest BCUT2D eigenvalue weighted by Gasteiger charge is 2.10. The van der Waals surface area contributed by atoms with Crippen LogP contribution in [0.5, 0.6) is 11.5 Å². The van der Waals surface area contributed by atoms with Crippen molar-refractivity contribution < 1.29 is 28.2 Å². The first-order chi connectivity index (χ1) is 20.1. The first kappa shape index (κ1) is 30.0. The van der Waals surface area contributed by atoms with Gasteiger partial charge in [-0.05, 0) is 84.0 Å². The zero-order chi connectivity index (χ0) is 30.2. The highest BCUT2D eigenvalue weighted by atomic mass is 19.1. The number of aryl methyl sites for hydroxylation is 1. The highest BCUT2D eigenvalue weighted by Crippen LogP contribution is 2.29. The van der Waals surface area contributed by atoms with Crippen molar-refractivity contribution in [3.05, 3.63) is 132 Å². The maximum Gasteiger partial charge on any atom is 0.338 e. The summed E-state index contributed by atoms with van der Waals surface area (Å²) < 4.78 is 31.1. The molecule has 0 aliphatic rings. The Balaban J connectivity index is 1.35. The Hall–Kier alpha value is -4.97. The average molecular weight is 565 g/mol. The van der Waals surface area contributed by atoms with Crippen LogP contribution >= 0.6 is 0 Å². The molecule has 0 aromatic heterocycles. The van der Waals surface area contributed by atoms with Crippen molar-refractivity contribution >= 4 is 11.9 Å². The molecule has 4 aromatic carbocycles. The summed E-state index contributed by atoms with van der Waals surface area (Å²) >= 11 is 0. The molecule has 0 saturated heterocycles. The second kappa shape index (κ2) is 13.6. The lowest BCUT2D eigenvalue weighted by molar-refractivity contribution is -0.138. The summed E-state index contributed by atoms with van der Waals surface area (Å²) in [5.41, 5.74) is 7.40. The van der Waals surface area contributed by atoms with Crippen LogP contribution in [0.4, 0.5) is 4.39 Å². The van der Waals surface area contributed by atoms with Crippen LogP contribution in [-0.2, 0) is 27.4 Å². The van der Waals surface area contributed by atoms with E-state index in [0.717, 1.165) is 33.4 Å². The molecule has 0 fully saturated rings. The van der Waals surface area contributed by atoms with E-state index in [0.29, 0.717) is 35.5 Å². The van der Waals surface area contributed by atoms with Gasteiger partial charge >= 0.3 is 11.9 Å². The monoisotopic (exact) mass is 564 g/mol. The maximum atomic E-state index is 14.9. The van der Waals surface area contributed by atoms with Crippen LogP contribution in [0.3, 0.4) is 0 Å². The number of hydrogen-bond donors (Lipinski definition) is 0. The minimum absolute atomic E-state index is 0.164. The Bertz CT molecular complexity index is 1620. The Morgan fingerprint density at radius 3 is 1.98 bits per heavy atom. The molecule has 0 aliphatic heterocycles. The molecule has 5 nitrogen and oxygen atoms in total. The molecule has 0 unspecified atom stereocenters. The normalized spacial score (nSPS) is 10.6.